The molecule has 0 aliphatic carbocycles. The van der Waals surface area contributed by atoms with Crippen LogP contribution in [0.4, 0.5) is 11.4 Å². The van der Waals surface area contributed by atoms with E-state index >= 15 is 0 Å². The smallest absolute Gasteiger partial charge is 0.0394 e. The second-order valence-corrected chi connectivity index (χ2v) is 3.17. The van der Waals surface area contributed by atoms with E-state index in [1.54, 1.807) is 0 Å². The fourth-order valence-electron chi connectivity index (χ4n) is 1.48. The number of para-hydroxylation sites is 2. The number of hydrogen-bond donors (Lipinski definition) is 2. The van der Waals surface area contributed by atoms with Crippen LogP contribution in [0.1, 0.15) is 0 Å². The van der Waals surface area contributed by atoms with Gasteiger partial charge in [0.05, 0.1) is 0 Å². The van der Waals surface area contributed by atoms with Gasteiger partial charge in [0.15, 0.2) is 0 Å². The first kappa shape index (κ1) is 11.1. The molecule has 0 unspecified atom stereocenters. The van der Waals surface area contributed by atoms with E-state index in [-0.39, 0.29) is 5.48 Å². The zero-order valence-electron chi connectivity index (χ0n) is 8.27. The average Bonchev–Trinajstić information content (AvgIpc) is 2.20. The molecule has 78 valence electrons. The summed E-state index contributed by atoms with van der Waals surface area (Å²) in [5.41, 5.74) is 15.2. The summed E-state index contributed by atoms with van der Waals surface area (Å²) in [5, 5.41) is 0. The molecule has 0 aromatic heterocycles. The first-order valence-electron chi connectivity index (χ1n) is 4.48. The summed E-state index contributed by atoms with van der Waals surface area (Å²) in [5.74, 6) is 0. The van der Waals surface area contributed by atoms with Gasteiger partial charge in [-0.2, -0.15) is 0 Å². The molecule has 15 heavy (non-hydrogen) atoms. The van der Waals surface area contributed by atoms with Crippen LogP contribution >= 0.6 is 0 Å². The van der Waals surface area contributed by atoms with Crippen LogP contribution in [0.2, 0.25) is 0 Å². The number of hydrogen-bond acceptors (Lipinski definition) is 2. The molecule has 0 spiro atoms. The standard InChI is InChI=1S/C12H12N2.H2O/c13-11-7-3-1-5-9(11)10-6-2-4-8-12(10)14;/h1-8H,13-14H2;1H2. The van der Waals surface area contributed by atoms with Crippen molar-refractivity contribution < 1.29 is 5.48 Å². The molecular weight excluding hydrogens is 188 g/mol. The van der Waals surface area contributed by atoms with Crippen LogP contribution < -0.4 is 11.5 Å². The van der Waals surface area contributed by atoms with E-state index < -0.39 is 0 Å². The number of benzene rings is 2. The lowest BCUT2D eigenvalue weighted by molar-refractivity contribution is 0.824. The SMILES string of the molecule is Nc1ccccc1-c1ccccc1N.O. The molecule has 0 saturated heterocycles. The fourth-order valence-corrected chi connectivity index (χ4v) is 1.48. The minimum absolute atomic E-state index is 0. The summed E-state index contributed by atoms with van der Waals surface area (Å²) in [4.78, 5) is 0. The van der Waals surface area contributed by atoms with Crippen molar-refractivity contribution in [3.8, 4) is 11.1 Å². The Kier molecular flexibility index (Phi) is 3.31. The Morgan fingerprint density at radius 2 is 0.933 bits per heavy atom. The van der Waals surface area contributed by atoms with Crippen LogP contribution in [-0.4, -0.2) is 5.48 Å². The number of nitrogen functional groups attached to an aromatic ring is 2. The first-order valence-corrected chi connectivity index (χ1v) is 4.48. The van der Waals surface area contributed by atoms with Crippen molar-refractivity contribution in [2.24, 2.45) is 0 Å². The Bertz CT molecular complexity index is 411. The molecule has 0 aliphatic heterocycles. The third-order valence-corrected chi connectivity index (χ3v) is 2.21. The maximum absolute atomic E-state index is 5.87. The van der Waals surface area contributed by atoms with Gasteiger partial charge in [-0.3, -0.25) is 0 Å². The minimum atomic E-state index is 0. The van der Waals surface area contributed by atoms with Crippen LogP contribution in [0.25, 0.3) is 11.1 Å². The van der Waals surface area contributed by atoms with Gasteiger partial charge in [-0.05, 0) is 12.1 Å². The van der Waals surface area contributed by atoms with Crippen molar-refractivity contribution in [2.75, 3.05) is 11.5 Å². The van der Waals surface area contributed by atoms with Gasteiger partial charge in [0.25, 0.3) is 0 Å². The normalized spacial score (nSPS) is 9.33. The number of anilines is 2. The third kappa shape index (κ3) is 2.08. The van der Waals surface area contributed by atoms with Gasteiger partial charge in [0.2, 0.25) is 0 Å². The van der Waals surface area contributed by atoms with Crippen molar-refractivity contribution in [1.82, 2.24) is 0 Å². The molecular formula is C12H14N2O. The Labute approximate surface area is 88.6 Å². The van der Waals surface area contributed by atoms with E-state index in [4.69, 9.17) is 11.5 Å². The molecule has 0 amide bonds. The first-order chi connectivity index (χ1) is 6.79. The Hall–Kier alpha value is -2.00. The predicted molar refractivity (Wildman–Crippen MR) is 64.3 cm³/mol. The van der Waals surface area contributed by atoms with Crippen LogP contribution in [0, 0.1) is 0 Å². The van der Waals surface area contributed by atoms with Crippen molar-refractivity contribution in [3.05, 3.63) is 48.5 Å². The maximum Gasteiger partial charge on any atom is 0.0394 e. The summed E-state index contributed by atoms with van der Waals surface area (Å²) in [6, 6.07) is 15.4. The van der Waals surface area contributed by atoms with Gasteiger partial charge in [0, 0.05) is 22.5 Å². The molecule has 3 heteroatoms. The molecule has 0 bridgehead atoms. The van der Waals surface area contributed by atoms with Gasteiger partial charge in [-0.15, -0.1) is 0 Å². The Morgan fingerprint density at radius 3 is 1.27 bits per heavy atom. The molecule has 0 aliphatic rings. The number of rotatable bonds is 1. The van der Waals surface area contributed by atoms with Crippen molar-refractivity contribution in [3.63, 3.8) is 0 Å². The summed E-state index contributed by atoms with van der Waals surface area (Å²) in [6.07, 6.45) is 0. The minimum Gasteiger partial charge on any atom is -0.412 e. The van der Waals surface area contributed by atoms with Crippen molar-refractivity contribution in [1.29, 1.82) is 0 Å². The zero-order chi connectivity index (χ0) is 9.97. The highest BCUT2D eigenvalue weighted by Gasteiger charge is 2.03. The molecule has 0 fully saturated rings. The molecule has 0 atom stereocenters. The van der Waals surface area contributed by atoms with E-state index in [0.29, 0.717) is 0 Å². The lowest BCUT2D eigenvalue weighted by Gasteiger charge is -2.07. The van der Waals surface area contributed by atoms with Crippen molar-refractivity contribution >= 4 is 11.4 Å². The van der Waals surface area contributed by atoms with Crippen LogP contribution in [-0.2, 0) is 0 Å². The Balaban J connectivity index is 0.00000112. The highest BCUT2D eigenvalue weighted by Crippen LogP contribution is 2.29. The topological polar surface area (TPSA) is 83.5 Å². The molecule has 3 nitrogen and oxygen atoms in total. The van der Waals surface area contributed by atoms with Crippen molar-refractivity contribution in [2.45, 2.75) is 0 Å². The highest BCUT2D eigenvalue weighted by molar-refractivity contribution is 5.83. The van der Waals surface area contributed by atoms with E-state index in [1.807, 2.05) is 48.5 Å². The maximum atomic E-state index is 5.87. The van der Waals surface area contributed by atoms with Crippen LogP contribution in [0.15, 0.2) is 48.5 Å². The summed E-state index contributed by atoms with van der Waals surface area (Å²) in [6.45, 7) is 0. The largest absolute Gasteiger partial charge is 0.412 e. The fraction of sp³-hybridized carbons (Fsp3) is 0. The van der Waals surface area contributed by atoms with Crippen LogP contribution in [0.5, 0.6) is 0 Å². The zero-order valence-corrected chi connectivity index (χ0v) is 8.27. The van der Waals surface area contributed by atoms with E-state index in [9.17, 15) is 0 Å². The third-order valence-electron chi connectivity index (χ3n) is 2.21. The molecule has 0 radical (unpaired) electrons. The molecule has 2 rings (SSSR count). The van der Waals surface area contributed by atoms with Crippen LogP contribution in [0.3, 0.4) is 0 Å². The lowest BCUT2D eigenvalue weighted by atomic mass is 10.0. The quantitative estimate of drug-likeness (QED) is 0.690. The second kappa shape index (κ2) is 4.48. The average molecular weight is 202 g/mol. The molecule has 6 N–H and O–H groups in total. The monoisotopic (exact) mass is 202 g/mol. The molecule has 0 saturated carbocycles. The summed E-state index contributed by atoms with van der Waals surface area (Å²) < 4.78 is 0. The Morgan fingerprint density at radius 1 is 0.600 bits per heavy atom. The highest BCUT2D eigenvalue weighted by atomic mass is 16.0. The van der Waals surface area contributed by atoms with Gasteiger partial charge in [-0.1, -0.05) is 36.4 Å². The predicted octanol–water partition coefficient (Wildman–Crippen LogP) is 1.69. The second-order valence-electron chi connectivity index (χ2n) is 3.17. The molecule has 2 aromatic carbocycles. The summed E-state index contributed by atoms with van der Waals surface area (Å²) in [7, 11) is 0. The van der Waals surface area contributed by atoms with Gasteiger partial charge in [0.1, 0.15) is 0 Å². The van der Waals surface area contributed by atoms with Gasteiger partial charge < -0.3 is 16.9 Å². The van der Waals surface area contributed by atoms with Gasteiger partial charge >= 0.3 is 0 Å². The number of nitrogens with two attached hydrogens (primary N) is 2. The lowest BCUT2D eigenvalue weighted by Crippen LogP contribution is -1.93. The molecule has 0 heterocycles. The van der Waals surface area contributed by atoms with E-state index in [2.05, 4.69) is 0 Å². The van der Waals surface area contributed by atoms with E-state index in [1.165, 1.54) is 0 Å². The van der Waals surface area contributed by atoms with Gasteiger partial charge in [-0.25, -0.2) is 0 Å². The van der Waals surface area contributed by atoms with E-state index in [0.717, 1.165) is 22.5 Å². The molecule has 2 aromatic rings. The summed E-state index contributed by atoms with van der Waals surface area (Å²) >= 11 is 0.